The Labute approximate surface area is 102 Å². The quantitative estimate of drug-likeness (QED) is 0.646. The van der Waals surface area contributed by atoms with Gasteiger partial charge in [0.15, 0.2) is 0 Å². The maximum absolute atomic E-state index is 9.80. The predicted octanol–water partition coefficient (Wildman–Crippen LogP) is 3.30. The zero-order valence-corrected chi connectivity index (χ0v) is 11.9. The van der Waals surface area contributed by atoms with E-state index in [2.05, 4.69) is 39.8 Å². The van der Waals surface area contributed by atoms with Gasteiger partial charge in [0.1, 0.15) is 0 Å². The van der Waals surface area contributed by atoms with Gasteiger partial charge in [-0.15, -0.1) is 0 Å². The van der Waals surface area contributed by atoms with Crippen molar-refractivity contribution in [3.63, 3.8) is 0 Å². The van der Waals surface area contributed by atoms with Gasteiger partial charge in [0, 0.05) is 0 Å². The second-order valence-electron chi connectivity index (χ2n) is 6.41. The Balaban J connectivity index is 3.35. The average molecular weight is 229 g/mol. The summed E-state index contributed by atoms with van der Waals surface area (Å²) in [5.41, 5.74) is 0.407. The van der Waals surface area contributed by atoms with Crippen molar-refractivity contribution in [2.75, 3.05) is 20.6 Å². The normalized spacial score (nSPS) is 14.4. The van der Waals surface area contributed by atoms with Gasteiger partial charge in [0.25, 0.3) is 0 Å². The summed E-state index contributed by atoms with van der Waals surface area (Å²) < 4.78 is 0. The predicted molar refractivity (Wildman–Crippen MR) is 71.7 cm³/mol. The highest BCUT2D eigenvalue weighted by Crippen LogP contribution is 2.22. The average Bonchev–Trinajstić information content (AvgIpc) is 2.10. The third-order valence-electron chi connectivity index (χ3n) is 2.86. The second-order valence-corrected chi connectivity index (χ2v) is 6.41. The van der Waals surface area contributed by atoms with E-state index >= 15 is 0 Å². The Morgan fingerprint density at radius 1 is 1.00 bits per heavy atom. The molecule has 0 fully saturated rings. The van der Waals surface area contributed by atoms with Crippen LogP contribution in [0.15, 0.2) is 0 Å². The van der Waals surface area contributed by atoms with E-state index in [1.807, 2.05) is 0 Å². The van der Waals surface area contributed by atoms with Crippen molar-refractivity contribution in [2.45, 2.75) is 65.4 Å². The molecular formula is C14H31NO. The van der Waals surface area contributed by atoms with Crippen LogP contribution in [0, 0.1) is 5.41 Å². The maximum Gasteiger partial charge on any atom is 0.0540 e. The van der Waals surface area contributed by atoms with Gasteiger partial charge in [0.2, 0.25) is 0 Å². The van der Waals surface area contributed by atoms with Gasteiger partial charge in [-0.1, -0.05) is 27.2 Å². The summed E-state index contributed by atoms with van der Waals surface area (Å²) >= 11 is 0. The molecule has 0 heterocycles. The SMILES string of the molecule is CN(C)CCCC[C@H](O)CCCC(C)(C)C. The van der Waals surface area contributed by atoms with E-state index < -0.39 is 0 Å². The van der Waals surface area contributed by atoms with Crippen LogP contribution >= 0.6 is 0 Å². The van der Waals surface area contributed by atoms with Gasteiger partial charge in [-0.3, -0.25) is 0 Å². The molecular weight excluding hydrogens is 198 g/mol. The molecule has 0 aromatic heterocycles. The Hall–Kier alpha value is -0.0800. The number of unbranched alkanes of at least 4 members (excludes halogenated alkanes) is 1. The summed E-state index contributed by atoms with van der Waals surface area (Å²) in [6.45, 7) is 7.91. The lowest BCUT2D eigenvalue weighted by atomic mass is 9.89. The van der Waals surface area contributed by atoms with Gasteiger partial charge in [-0.2, -0.15) is 0 Å². The number of aliphatic hydroxyl groups excluding tert-OH is 1. The van der Waals surface area contributed by atoms with Gasteiger partial charge >= 0.3 is 0 Å². The monoisotopic (exact) mass is 229 g/mol. The van der Waals surface area contributed by atoms with Crippen LogP contribution in [0.2, 0.25) is 0 Å². The Morgan fingerprint density at radius 3 is 2.06 bits per heavy atom. The van der Waals surface area contributed by atoms with E-state index in [1.54, 1.807) is 0 Å². The van der Waals surface area contributed by atoms with Gasteiger partial charge in [-0.05, 0) is 58.2 Å². The van der Waals surface area contributed by atoms with Crippen LogP contribution in [-0.2, 0) is 0 Å². The van der Waals surface area contributed by atoms with Crippen molar-refractivity contribution < 1.29 is 5.11 Å². The molecule has 0 aliphatic rings. The molecule has 0 saturated carbocycles. The lowest BCUT2D eigenvalue weighted by Gasteiger charge is -2.19. The summed E-state index contributed by atoms with van der Waals surface area (Å²) in [7, 11) is 4.19. The fourth-order valence-corrected chi connectivity index (χ4v) is 1.82. The molecule has 0 saturated heterocycles. The first kappa shape index (κ1) is 15.9. The second kappa shape index (κ2) is 8.08. The summed E-state index contributed by atoms with van der Waals surface area (Å²) in [6, 6.07) is 0. The van der Waals surface area contributed by atoms with Crippen LogP contribution in [0.25, 0.3) is 0 Å². The standard InChI is InChI=1S/C14H31NO/c1-14(2,3)11-8-10-13(16)9-6-7-12-15(4)5/h13,16H,6-12H2,1-5H3/t13-/m0/s1. The van der Waals surface area contributed by atoms with Gasteiger partial charge in [0.05, 0.1) is 6.10 Å². The molecule has 0 unspecified atom stereocenters. The summed E-state index contributed by atoms with van der Waals surface area (Å²) in [4.78, 5) is 2.20. The van der Waals surface area contributed by atoms with Crippen LogP contribution in [-0.4, -0.2) is 36.8 Å². The van der Waals surface area contributed by atoms with Crippen LogP contribution in [0.3, 0.4) is 0 Å². The zero-order valence-electron chi connectivity index (χ0n) is 11.9. The third kappa shape index (κ3) is 12.0. The molecule has 1 N–H and O–H groups in total. The van der Waals surface area contributed by atoms with E-state index in [0.717, 1.165) is 32.2 Å². The van der Waals surface area contributed by atoms with E-state index in [9.17, 15) is 5.11 Å². The molecule has 0 spiro atoms. The molecule has 0 aromatic carbocycles. The largest absolute Gasteiger partial charge is 0.393 e. The van der Waals surface area contributed by atoms with E-state index in [1.165, 1.54) is 12.8 Å². The van der Waals surface area contributed by atoms with Gasteiger partial charge in [-0.25, -0.2) is 0 Å². The molecule has 16 heavy (non-hydrogen) atoms. The molecule has 1 atom stereocenters. The van der Waals surface area contributed by atoms with Crippen LogP contribution in [0.1, 0.15) is 59.3 Å². The Kier molecular flexibility index (Phi) is 8.04. The van der Waals surface area contributed by atoms with Crippen molar-refractivity contribution >= 4 is 0 Å². The number of rotatable bonds is 8. The minimum absolute atomic E-state index is 0.0792. The van der Waals surface area contributed by atoms with Crippen LogP contribution < -0.4 is 0 Å². The number of hydrogen-bond acceptors (Lipinski definition) is 2. The Bertz CT molecular complexity index is 161. The first-order valence-electron chi connectivity index (χ1n) is 6.64. The zero-order chi connectivity index (χ0) is 12.6. The topological polar surface area (TPSA) is 23.5 Å². The lowest BCUT2D eigenvalue weighted by molar-refractivity contribution is 0.142. The number of nitrogens with zero attached hydrogens (tertiary/aromatic N) is 1. The third-order valence-corrected chi connectivity index (χ3v) is 2.86. The summed E-state index contributed by atoms with van der Waals surface area (Å²) in [5, 5.41) is 9.80. The molecule has 98 valence electrons. The van der Waals surface area contributed by atoms with E-state index in [-0.39, 0.29) is 6.10 Å². The Morgan fingerprint density at radius 2 is 1.56 bits per heavy atom. The molecule has 0 radical (unpaired) electrons. The van der Waals surface area contributed by atoms with Crippen molar-refractivity contribution in [3.8, 4) is 0 Å². The van der Waals surface area contributed by atoms with E-state index in [4.69, 9.17) is 0 Å². The van der Waals surface area contributed by atoms with Crippen molar-refractivity contribution in [1.82, 2.24) is 4.90 Å². The highest BCUT2D eigenvalue weighted by Gasteiger charge is 2.11. The van der Waals surface area contributed by atoms with Crippen LogP contribution in [0.4, 0.5) is 0 Å². The molecule has 2 nitrogen and oxygen atoms in total. The minimum atomic E-state index is -0.0792. The maximum atomic E-state index is 9.80. The summed E-state index contributed by atoms with van der Waals surface area (Å²) in [6.07, 6.45) is 6.57. The van der Waals surface area contributed by atoms with Crippen molar-refractivity contribution in [1.29, 1.82) is 0 Å². The first-order valence-corrected chi connectivity index (χ1v) is 6.64. The fourth-order valence-electron chi connectivity index (χ4n) is 1.82. The number of hydrogen-bond donors (Lipinski definition) is 1. The lowest BCUT2D eigenvalue weighted by Crippen LogP contribution is -2.14. The highest BCUT2D eigenvalue weighted by atomic mass is 16.3. The molecule has 0 aliphatic carbocycles. The van der Waals surface area contributed by atoms with Crippen LogP contribution in [0.5, 0.6) is 0 Å². The minimum Gasteiger partial charge on any atom is -0.393 e. The van der Waals surface area contributed by atoms with E-state index in [0.29, 0.717) is 5.41 Å². The molecule has 0 aromatic rings. The van der Waals surface area contributed by atoms with Crippen molar-refractivity contribution in [3.05, 3.63) is 0 Å². The number of aliphatic hydroxyl groups is 1. The smallest absolute Gasteiger partial charge is 0.0540 e. The fraction of sp³-hybridized carbons (Fsp3) is 1.00. The first-order chi connectivity index (χ1) is 7.31. The molecule has 0 rings (SSSR count). The van der Waals surface area contributed by atoms with Gasteiger partial charge < -0.3 is 10.0 Å². The highest BCUT2D eigenvalue weighted by molar-refractivity contribution is 4.64. The molecule has 0 amide bonds. The van der Waals surface area contributed by atoms with Crippen molar-refractivity contribution in [2.24, 2.45) is 5.41 Å². The molecule has 2 heteroatoms. The molecule has 0 aliphatic heterocycles. The summed E-state index contributed by atoms with van der Waals surface area (Å²) in [5.74, 6) is 0. The molecule has 0 bridgehead atoms.